The normalized spacial score (nSPS) is 27.6. The molecule has 19 heavy (non-hydrogen) atoms. The number of anilines is 1. The summed E-state index contributed by atoms with van der Waals surface area (Å²) in [6, 6.07) is 5.64. The number of aromatic nitrogens is 1. The van der Waals surface area contributed by atoms with Gasteiger partial charge in [0, 0.05) is 36.9 Å². The molecule has 1 aliphatic heterocycles. The van der Waals surface area contributed by atoms with Crippen LogP contribution in [0, 0.1) is 5.92 Å². The number of nitrogens with zero attached hydrogens (tertiary/aromatic N) is 2. The Balaban J connectivity index is 1.77. The second-order valence-electron chi connectivity index (χ2n) is 6.19. The van der Waals surface area contributed by atoms with E-state index >= 15 is 0 Å². The smallest absolute Gasteiger partial charge is 0.133 e. The van der Waals surface area contributed by atoms with E-state index in [9.17, 15) is 0 Å². The molecule has 0 aromatic carbocycles. The molecule has 1 N–H and O–H groups in total. The van der Waals surface area contributed by atoms with Crippen LogP contribution in [0.1, 0.15) is 45.1 Å². The summed E-state index contributed by atoms with van der Waals surface area (Å²) in [6.45, 7) is 6.82. The van der Waals surface area contributed by atoms with E-state index in [-0.39, 0.29) is 0 Å². The van der Waals surface area contributed by atoms with Gasteiger partial charge in [-0.05, 0) is 44.6 Å². The molecule has 0 spiro atoms. The topological polar surface area (TPSA) is 28.2 Å². The standard InChI is InChI=1S/C16H25N3/c1-12-5-4-10-19(13(12)2)16-14(6-3-9-17-16)11-18-15-7-8-15/h3,6,9,12-13,15,18H,4-5,7-8,10-11H2,1-2H3. The molecular formula is C16H25N3. The maximum absolute atomic E-state index is 4.67. The number of hydrogen-bond donors (Lipinski definition) is 1. The van der Waals surface area contributed by atoms with Crippen molar-refractivity contribution >= 4 is 5.82 Å². The Morgan fingerprint density at radius 1 is 1.32 bits per heavy atom. The lowest BCUT2D eigenvalue weighted by atomic mass is 9.92. The molecule has 0 amide bonds. The number of hydrogen-bond acceptors (Lipinski definition) is 3. The maximum atomic E-state index is 4.67. The number of nitrogens with one attached hydrogen (secondary N) is 1. The summed E-state index contributed by atoms with van der Waals surface area (Å²) in [5.74, 6) is 1.97. The first-order valence-electron chi connectivity index (χ1n) is 7.69. The third kappa shape index (κ3) is 2.92. The molecule has 2 aliphatic rings. The van der Waals surface area contributed by atoms with Crippen LogP contribution in [0.15, 0.2) is 18.3 Å². The van der Waals surface area contributed by atoms with Gasteiger partial charge in [0.25, 0.3) is 0 Å². The summed E-state index contributed by atoms with van der Waals surface area (Å²) >= 11 is 0. The Morgan fingerprint density at radius 2 is 2.16 bits per heavy atom. The van der Waals surface area contributed by atoms with E-state index in [0.717, 1.165) is 25.0 Å². The number of rotatable bonds is 4. The summed E-state index contributed by atoms with van der Waals surface area (Å²) in [5.41, 5.74) is 1.36. The predicted molar refractivity (Wildman–Crippen MR) is 79.3 cm³/mol. The molecule has 104 valence electrons. The van der Waals surface area contributed by atoms with E-state index in [4.69, 9.17) is 0 Å². The second-order valence-corrected chi connectivity index (χ2v) is 6.19. The van der Waals surface area contributed by atoms with Gasteiger partial charge in [-0.15, -0.1) is 0 Å². The zero-order chi connectivity index (χ0) is 13.2. The van der Waals surface area contributed by atoms with Gasteiger partial charge in [-0.25, -0.2) is 4.98 Å². The molecule has 1 aromatic rings. The van der Waals surface area contributed by atoms with Crippen molar-refractivity contribution in [1.82, 2.24) is 10.3 Å². The van der Waals surface area contributed by atoms with E-state index in [1.165, 1.54) is 37.1 Å². The molecule has 1 saturated heterocycles. The van der Waals surface area contributed by atoms with Crippen molar-refractivity contribution in [3.8, 4) is 0 Å². The lowest BCUT2D eigenvalue weighted by molar-refractivity contribution is 0.361. The summed E-state index contributed by atoms with van der Waals surface area (Å²) in [5, 5.41) is 3.61. The summed E-state index contributed by atoms with van der Waals surface area (Å²) in [6.07, 6.45) is 7.25. The molecule has 1 saturated carbocycles. The number of piperidine rings is 1. The fraction of sp³-hybridized carbons (Fsp3) is 0.688. The van der Waals surface area contributed by atoms with Crippen molar-refractivity contribution < 1.29 is 0 Å². The van der Waals surface area contributed by atoms with Crippen molar-refractivity contribution in [2.75, 3.05) is 11.4 Å². The van der Waals surface area contributed by atoms with Gasteiger partial charge in [-0.2, -0.15) is 0 Å². The Morgan fingerprint density at radius 3 is 2.95 bits per heavy atom. The van der Waals surface area contributed by atoms with E-state index in [1.54, 1.807) is 0 Å². The van der Waals surface area contributed by atoms with E-state index in [1.807, 2.05) is 6.20 Å². The first kappa shape index (κ1) is 12.9. The summed E-state index contributed by atoms with van der Waals surface area (Å²) in [4.78, 5) is 7.18. The minimum atomic E-state index is 0.600. The Bertz CT molecular complexity index is 428. The Kier molecular flexibility index (Phi) is 3.74. The van der Waals surface area contributed by atoms with Gasteiger partial charge in [-0.1, -0.05) is 13.0 Å². The first-order chi connectivity index (χ1) is 9.25. The average Bonchev–Trinajstić information content (AvgIpc) is 3.24. The molecule has 3 nitrogen and oxygen atoms in total. The zero-order valence-corrected chi connectivity index (χ0v) is 12.1. The molecular weight excluding hydrogens is 234 g/mol. The van der Waals surface area contributed by atoms with Crippen LogP contribution in [-0.4, -0.2) is 23.6 Å². The average molecular weight is 259 g/mol. The lowest BCUT2D eigenvalue weighted by Gasteiger charge is -2.39. The Labute approximate surface area is 116 Å². The third-order valence-electron chi connectivity index (χ3n) is 4.67. The highest BCUT2D eigenvalue weighted by molar-refractivity contribution is 5.48. The van der Waals surface area contributed by atoms with Crippen LogP contribution in [0.25, 0.3) is 0 Å². The van der Waals surface area contributed by atoms with Crippen LogP contribution in [-0.2, 0) is 6.54 Å². The molecule has 2 atom stereocenters. The molecule has 0 radical (unpaired) electrons. The van der Waals surface area contributed by atoms with Crippen molar-refractivity contribution in [1.29, 1.82) is 0 Å². The fourth-order valence-corrected chi connectivity index (χ4v) is 3.00. The minimum Gasteiger partial charge on any atom is -0.353 e. The zero-order valence-electron chi connectivity index (χ0n) is 12.1. The van der Waals surface area contributed by atoms with Crippen LogP contribution >= 0.6 is 0 Å². The van der Waals surface area contributed by atoms with Crippen molar-refractivity contribution in [2.24, 2.45) is 5.92 Å². The highest BCUT2D eigenvalue weighted by Gasteiger charge is 2.27. The molecule has 3 rings (SSSR count). The highest BCUT2D eigenvalue weighted by atomic mass is 15.2. The van der Waals surface area contributed by atoms with Crippen molar-refractivity contribution in [3.63, 3.8) is 0 Å². The van der Waals surface area contributed by atoms with Crippen LogP contribution in [0.2, 0.25) is 0 Å². The molecule has 1 aliphatic carbocycles. The van der Waals surface area contributed by atoms with Crippen LogP contribution in [0.3, 0.4) is 0 Å². The van der Waals surface area contributed by atoms with Gasteiger partial charge in [0.05, 0.1) is 0 Å². The third-order valence-corrected chi connectivity index (χ3v) is 4.67. The first-order valence-corrected chi connectivity index (χ1v) is 7.69. The molecule has 1 aromatic heterocycles. The van der Waals surface area contributed by atoms with Crippen LogP contribution in [0.4, 0.5) is 5.82 Å². The quantitative estimate of drug-likeness (QED) is 0.901. The molecule has 3 heteroatoms. The van der Waals surface area contributed by atoms with E-state index < -0.39 is 0 Å². The molecule has 2 unspecified atom stereocenters. The fourth-order valence-electron chi connectivity index (χ4n) is 3.00. The number of pyridine rings is 1. The maximum Gasteiger partial charge on any atom is 0.133 e. The molecule has 2 fully saturated rings. The predicted octanol–water partition coefficient (Wildman–Crippen LogP) is 2.96. The van der Waals surface area contributed by atoms with Gasteiger partial charge in [0.1, 0.15) is 5.82 Å². The van der Waals surface area contributed by atoms with Crippen LogP contribution in [0.5, 0.6) is 0 Å². The van der Waals surface area contributed by atoms with E-state index in [0.29, 0.717) is 6.04 Å². The summed E-state index contributed by atoms with van der Waals surface area (Å²) in [7, 11) is 0. The second kappa shape index (κ2) is 5.49. The van der Waals surface area contributed by atoms with Crippen LogP contribution < -0.4 is 10.2 Å². The van der Waals surface area contributed by atoms with Gasteiger partial charge in [0.15, 0.2) is 0 Å². The van der Waals surface area contributed by atoms with Gasteiger partial charge >= 0.3 is 0 Å². The van der Waals surface area contributed by atoms with Gasteiger partial charge in [-0.3, -0.25) is 0 Å². The monoisotopic (exact) mass is 259 g/mol. The minimum absolute atomic E-state index is 0.600. The largest absolute Gasteiger partial charge is 0.353 e. The molecule has 0 bridgehead atoms. The van der Waals surface area contributed by atoms with Gasteiger partial charge in [0.2, 0.25) is 0 Å². The van der Waals surface area contributed by atoms with Crippen molar-refractivity contribution in [3.05, 3.63) is 23.9 Å². The highest BCUT2D eigenvalue weighted by Crippen LogP contribution is 2.29. The Hall–Kier alpha value is -1.09. The SMILES string of the molecule is CC1CCCN(c2ncccc2CNC2CC2)C1C. The van der Waals surface area contributed by atoms with Crippen molar-refractivity contribution in [2.45, 2.75) is 58.2 Å². The lowest BCUT2D eigenvalue weighted by Crippen LogP contribution is -2.43. The van der Waals surface area contributed by atoms with Gasteiger partial charge < -0.3 is 10.2 Å². The molecule has 2 heterocycles. The summed E-state index contributed by atoms with van der Waals surface area (Å²) < 4.78 is 0. The van der Waals surface area contributed by atoms with E-state index in [2.05, 4.69) is 41.2 Å².